The summed E-state index contributed by atoms with van der Waals surface area (Å²) in [5.41, 5.74) is 0.986. The average Bonchev–Trinajstić information content (AvgIpc) is 2.99. The summed E-state index contributed by atoms with van der Waals surface area (Å²) < 4.78 is 43.7. The van der Waals surface area contributed by atoms with Crippen LogP contribution in [0.2, 0.25) is 10.0 Å². The number of benzene rings is 4. The molecule has 224 valence electrons. The minimum Gasteiger partial charge on any atom is -0.355 e. The van der Waals surface area contributed by atoms with Crippen LogP contribution < -0.4 is 9.62 Å². The number of nitrogens with one attached hydrogen (secondary N) is 1. The SMILES string of the molecule is CCNC(=O)[C@@H](Cc1ccccc1)N(Cc1ccccc1F)C(=O)CN(c1cc(Cl)cc(Cl)c1)S(=O)(=O)c1ccccc1. The maximum absolute atomic E-state index is 14.9. The number of nitrogens with zero attached hydrogens (tertiary/aromatic N) is 2. The fourth-order valence-electron chi connectivity index (χ4n) is 4.59. The van der Waals surface area contributed by atoms with Crippen LogP contribution in [0.25, 0.3) is 0 Å². The van der Waals surface area contributed by atoms with E-state index in [4.69, 9.17) is 23.2 Å². The zero-order valence-corrected chi connectivity index (χ0v) is 25.6. The Morgan fingerprint density at radius 1 is 0.860 bits per heavy atom. The van der Waals surface area contributed by atoms with Crippen LogP contribution in [0.5, 0.6) is 0 Å². The van der Waals surface area contributed by atoms with Crippen molar-refractivity contribution in [1.82, 2.24) is 10.2 Å². The number of amides is 2. The van der Waals surface area contributed by atoms with E-state index in [1.165, 1.54) is 53.4 Å². The van der Waals surface area contributed by atoms with E-state index >= 15 is 0 Å². The molecule has 0 aromatic heterocycles. The summed E-state index contributed by atoms with van der Waals surface area (Å²) in [5.74, 6) is -1.75. The molecule has 43 heavy (non-hydrogen) atoms. The van der Waals surface area contributed by atoms with E-state index in [0.29, 0.717) is 6.54 Å². The highest BCUT2D eigenvalue weighted by Gasteiger charge is 2.35. The monoisotopic (exact) mass is 641 g/mol. The largest absolute Gasteiger partial charge is 0.355 e. The van der Waals surface area contributed by atoms with Gasteiger partial charge in [0.05, 0.1) is 10.6 Å². The van der Waals surface area contributed by atoms with Crippen molar-refractivity contribution in [3.8, 4) is 0 Å². The highest BCUT2D eigenvalue weighted by atomic mass is 35.5. The van der Waals surface area contributed by atoms with Gasteiger partial charge in [0, 0.05) is 35.1 Å². The molecular weight excluding hydrogens is 612 g/mol. The van der Waals surface area contributed by atoms with E-state index in [1.807, 2.05) is 30.3 Å². The maximum Gasteiger partial charge on any atom is 0.264 e. The Morgan fingerprint density at radius 3 is 2.05 bits per heavy atom. The van der Waals surface area contributed by atoms with Gasteiger partial charge >= 0.3 is 0 Å². The molecule has 0 saturated heterocycles. The van der Waals surface area contributed by atoms with Crippen molar-refractivity contribution in [2.75, 3.05) is 17.4 Å². The smallest absolute Gasteiger partial charge is 0.264 e. The minimum absolute atomic E-state index is 0.0539. The molecule has 4 aromatic carbocycles. The molecule has 0 saturated carbocycles. The van der Waals surface area contributed by atoms with Gasteiger partial charge in [0.25, 0.3) is 10.0 Å². The van der Waals surface area contributed by atoms with Gasteiger partial charge in [-0.1, -0.05) is 89.9 Å². The second kappa shape index (κ2) is 14.5. The lowest BCUT2D eigenvalue weighted by Gasteiger charge is -2.34. The van der Waals surface area contributed by atoms with Crippen molar-refractivity contribution in [2.45, 2.75) is 30.8 Å². The van der Waals surface area contributed by atoms with Gasteiger partial charge in [-0.15, -0.1) is 0 Å². The van der Waals surface area contributed by atoms with Gasteiger partial charge in [-0.3, -0.25) is 13.9 Å². The molecule has 11 heteroatoms. The van der Waals surface area contributed by atoms with E-state index in [9.17, 15) is 22.4 Å². The van der Waals surface area contributed by atoms with Gasteiger partial charge in [-0.2, -0.15) is 0 Å². The maximum atomic E-state index is 14.9. The zero-order valence-electron chi connectivity index (χ0n) is 23.3. The van der Waals surface area contributed by atoms with Crippen LogP contribution in [0, 0.1) is 5.82 Å². The summed E-state index contributed by atoms with van der Waals surface area (Å²) in [7, 11) is -4.32. The van der Waals surface area contributed by atoms with E-state index in [2.05, 4.69) is 5.32 Å². The lowest BCUT2D eigenvalue weighted by molar-refractivity contribution is -0.140. The molecule has 0 radical (unpaired) electrons. The molecule has 4 rings (SSSR count). The third-order valence-corrected chi connectivity index (χ3v) is 8.89. The fraction of sp³-hybridized carbons (Fsp3) is 0.188. The number of rotatable bonds is 12. The topological polar surface area (TPSA) is 86.8 Å². The molecule has 1 N–H and O–H groups in total. The van der Waals surface area contributed by atoms with E-state index < -0.39 is 40.2 Å². The molecule has 0 bridgehead atoms. The lowest BCUT2D eigenvalue weighted by atomic mass is 10.0. The summed E-state index contributed by atoms with van der Waals surface area (Å²) in [6.07, 6.45) is 0.112. The Kier molecular flexibility index (Phi) is 10.8. The quantitative estimate of drug-likeness (QED) is 0.202. The van der Waals surface area contributed by atoms with Crippen LogP contribution in [0.1, 0.15) is 18.1 Å². The van der Waals surface area contributed by atoms with Crippen molar-refractivity contribution in [2.24, 2.45) is 0 Å². The number of carbonyl (C=O) groups is 2. The number of likely N-dealkylation sites (N-methyl/N-ethyl adjacent to an activating group) is 1. The molecule has 0 spiro atoms. The van der Waals surface area contributed by atoms with E-state index in [0.717, 1.165) is 9.87 Å². The molecule has 0 heterocycles. The van der Waals surface area contributed by atoms with Crippen molar-refractivity contribution in [3.05, 3.63) is 130 Å². The predicted molar refractivity (Wildman–Crippen MR) is 167 cm³/mol. The fourth-order valence-corrected chi connectivity index (χ4v) is 6.52. The Bertz CT molecular complexity index is 1650. The van der Waals surface area contributed by atoms with Crippen molar-refractivity contribution in [3.63, 3.8) is 0 Å². The number of hydrogen-bond acceptors (Lipinski definition) is 4. The number of anilines is 1. The number of halogens is 3. The van der Waals surface area contributed by atoms with Gasteiger partial charge in [-0.05, 0) is 48.9 Å². The van der Waals surface area contributed by atoms with Gasteiger partial charge < -0.3 is 10.2 Å². The third-order valence-electron chi connectivity index (χ3n) is 6.67. The van der Waals surface area contributed by atoms with Gasteiger partial charge in [0.15, 0.2) is 0 Å². The van der Waals surface area contributed by atoms with Crippen LogP contribution in [0.4, 0.5) is 10.1 Å². The second-order valence-electron chi connectivity index (χ2n) is 9.67. The molecule has 2 amide bonds. The normalized spacial score (nSPS) is 11.9. The summed E-state index contributed by atoms with van der Waals surface area (Å²) in [5, 5.41) is 3.09. The van der Waals surface area contributed by atoms with Crippen LogP contribution in [-0.4, -0.2) is 44.3 Å². The lowest BCUT2D eigenvalue weighted by Crippen LogP contribution is -2.53. The predicted octanol–water partition coefficient (Wildman–Crippen LogP) is 6.10. The number of sulfonamides is 1. The summed E-state index contributed by atoms with van der Waals surface area (Å²) in [6.45, 7) is 1.04. The van der Waals surface area contributed by atoms with E-state index in [1.54, 1.807) is 31.2 Å². The molecular formula is C32H30Cl2FN3O4S. The standard InChI is InChI=1S/C32H30Cl2FN3O4S/c1-2-36-32(40)30(17-23-11-5-3-6-12-23)37(21-24-13-9-10-16-29(24)35)31(39)22-38(27-19-25(33)18-26(34)20-27)43(41,42)28-14-7-4-8-15-28/h3-16,18-20,30H,2,17,21-22H2,1H3,(H,36,40)/t30-/m1/s1. The Hall–Kier alpha value is -3.92. The molecule has 7 nitrogen and oxygen atoms in total. The molecule has 4 aromatic rings. The zero-order chi connectivity index (χ0) is 31.0. The van der Waals surface area contributed by atoms with Crippen molar-refractivity contribution < 1.29 is 22.4 Å². The Labute approximate surface area is 260 Å². The highest BCUT2D eigenvalue weighted by molar-refractivity contribution is 7.92. The van der Waals surface area contributed by atoms with Crippen LogP contribution >= 0.6 is 23.2 Å². The third kappa shape index (κ3) is 8.13. The summed E-state index contributed by atoms with van der Waals surface area (Å²) in [6, 6.07) is 25.7. The minimum atomic E-state index is -4.32. The molecule has 1 atom stereocenters. The van der Waals surface area contributed by atoms with Crippen molar-refractivity contribution >= 4 is 50.7 Å². The van der Waals surface area contributed by atoms with Gasteiger partial charge in [-0.25, -0.2) is 12.8 Å². The van der Waals surface area contributed by atoms with E-state index in [-0.39, 0.29) is 39.2 Å². The first-order valence-corrected chi connectivity index (χ1v) is 15.7. The van der Waals surface area contributed by atoms with Crippen LogP contribution in [0.3, 0.4) is 0 Å². The Morgan fingerprint density at radius 2 is 1.44 bits per heavy atom. The first-order chi connectivity index (χ1) is 20.6. The van der Waals surface area contributed by atoms with Crippen LogP contribution in [-0.2, 0) is 32.6 Å². The first-order valence-electron chi connectivity index (χ1n) is 13.5. The molecule has 0 unspecified atom stereocenters. The average molecular weight is 643 g/mol. The molecule has 0 aliphatic carbocycles. The summed E-state index contributed by atoms with van der Waals surface area (Å²) >= 11 is 12.5. The molecule has 0 aliphatic rings. The van der Waals surface area contributed by atoms with Crippen molar-refractivity contribution in [1.29, 1.82) is 0 Å². The summed E-state index contributed by atoms with van der Waals surface area (Å²) in [4.78, 5) is 28.9. The molecule has 0 fully saturated rings. The van der Waals surface area contributed by atoms with Gasteiger partial charge in [0.2, 0.25) is 11.8 Å². The second-order valence-corrected chi connectivity index (χ2v) is 12.4. The van der Waals surface area contributed by atoms with Crippen LogP contribution in [0.15, 0.2) is 108 Å². The Balaban J connectivity index is 1.82. The molecule has 0 aliphatic heterocycles. The first kappa shape index (κ1) is 32.0. The highest BCUT2D eigenvalue weighted by Crippen LogP contribution is 2.30. The number of hydrogen-bond donors (Lipinski definition) is 1. The number of carbonyl (C=O) groups excluding carboxylic acids is 2. The van der Waals surface area contributed by atoms with Gasteiger partial charge in [0.1, 0.15) is 18.4 Å².